The first kappa shape index (κ1) is 14.2. The van der Waals surface area contributed by atoms with Crippen LogP contribution in [0.2, 0.25) is 0 Å². The van der Waals surface area contributed by atoms with Crippen molar-refractivity contribution in [3.05, 3.63) is 0 Å². The zero-order valence-corrected chi connectivity index (χ0v) is 7.05. The second kappa shape index (κ2) is 8.75. The third-order valence-electron chi connectivity index (χ3n) is 0.818. The molecule has 4 nitrogen and oxygen atoms in total. The van der Waals surface area contributed by atoms with Crippen LogP contribution in [-0.2, 0) is 18.4 Å². The van der Waals surface area contributed by atoms with E-state index in [2.05, 4.69) is 9.05 Å². The average molecular weight is 190 g/mol. The van der Waals surface area contributed by atoms with Gasteiger partial charge in [-0.05, 0) is 6.42 Å². The number of hydrogen-bond acceptors (Lipinski definition) is 4. The summed E-state index contributed by atoms with van der Waals surface area (Å²) >= 11 is 0. The van der Waals surface area contributed by atoms with E-state index < -0.39 is 14.2 Å². The molecule has 0 aliphatic rings. The molecule has 0 radical (unpaired) electrons. The Hall–Kier alpha value is 0.660. The summed E-state index contributed by atoms with van der Waals surface area (Å²) in [4.78, 5) is 10.5. The fourth-order valence-corrected chi connectivity index (χ4v) is 0.761. The van der Waals surface area contributed by atoms with Gasteiger partial charge in [0.25, 0.3) is 0 Å². The predicted octanol–water partition coefficient (Wildman–Crippen LogP) is 0.717. The van der Waals surface area contributed by atoms with Crippen LogP contribution < -0.4 is 0 Å². The Kier molecular flexibility index (Phi) is 11.3. The molecule has 0 aromatic rings. The van der Waals surface area contributed by atoms with E-state index in [9.17, 15) is 9.36 Å². The van der Waals surface area contributed by atoms with Gasteiger partial charge >= 0.3 is 43.8 Å². The van der Waals surface area contributed by atoms with Gasteiger partial charge in [-0.2, -0.15) is 0 Å². The van der Waals surface area contributed by atoms with E-state index in [0.29, 0.717) is 12.8 Å². The van der Waals surface area contributed by atoms with Gasteiger partial charge in [0.05, 0.1) is 0 Å². The van der Waals surface area contributed by atoms with Crippen LogP contribution in [0.4, 0.5) is 0 Å². The van der Waals surface area contributed by atoms with Crippen LogP contribution in [0, 0.1) is 0 Å². The van der Waals surface area contributed by atoms with Gasteiger partial charge in [0.15, 0.2) is 0 Å². The topological polar surface area (TPSA) is 52.6 Å². The summed E-state index contributed by atoms with van der Waals surface area (Å²) in [5, 5.41) is 0. The number of hydrogen-bond donors (Lipinski definition) is 0. The molecule has 0 spiro atoms. The van der Waals surface area contributed by atoms with Crippen molar-refractivity contribution in [3.63, 3.8) is 0 Å². The number of carbonyl (C=O) groups excluding carboxylic acids is 1. The van der Waals surface area contributed by atoms with E-state index in [1.807, 2.05) is 6.92 Å². The Morgan fingerprint density at radius 1 is 1.55 bits per heavy atom. The zero-order chi connectivity index (χ0) is 7.98. The summed E-state index contributed by atoms with van der Waals surface area (Å²) in [5.74, 6) is -0.465. The van der Waals surface area contributed by atoms with E-state index in [1.54, 1.807) is 0 Å². The molecular formula is C5H12NaO4P. The van der Waals surface area contributed by atoms with E-state index in [0.717, 1.165) is 0 Å². The molecule has 0 rings (SSSR count). The fraction of sp³-hybridized carbons (Fsp3) is 0.800. The normalized spacial score (nSPS) is 11.5. The van der Waals surface area contributed by atoms with E-state index in [4.69, 9.17) is 0 Å². The van der Waals surface area contributed by atoms with E-state index in [1.165, 1.54) is 7.11 Å². The summed E-state index contributed by atoms with van der Waals surface area (Å²) in [6.45, 7) is 1.84. The van der Waals surface area contributed by atoms with E-state index in [-0.39, 0.29) is 29.6 Å². The minimum atomic E-state index is -2.55. The first-order chi connectivity index (χ1) is 4.70. The van der Waals surface area contributed by atoms with Gasteiger partial charge in [0.2, 0.25) is 0 Å². The van der Waals surface area contributed by atoms with Crippen molar-refractivity contribution >= 4 is 43.8 Å². The molecule has 0 bridgehead atoms. The van der Waals surface area contributed by atoms with Crippen LogP contribution in [0.5, 0.6) is 0 Å². The Labute approximate surface area is 88.9 Å². The van der Waals surface area contributed by atoms with Gasteiger partial charge in [-0.25, -0.2) is 4.57 Å². The van der Waals surface area contributed by atoms with E-state index >= 15 is 0 Å². The molecule has 0 fully saturated rings. The number of carbonyl (C=O) groups is 1. The van der Waals surface area contributed by atoms with Crippen LogP contribution in [0.1, 0.15) is 19.8 Å². The second-order valence-electron chi connectivity index (χ2n) is 1.68. The van der Waals surface area contributed by atoms with Crippen LogP contribution in [-0.4, -0.2) is 42.6 Å². The first-order valence-electron chi connectivity index (χ1n) is 2.99. The molecule has 0 aromatic carbocycles. The Morgan fingerprint density at radius 2 is 2.09 bits per heavy atom. The fourth-order valence-electron chi connectivity index (χ4n) is 0.390. The molecule has 1 atom stereocenters. The van der Waals surface area contributed by atoms with Crippen molar-refractivity contribution in [1.82, 2.24) is 0 Å². The molecule has 0 saturated heterocycles. The Balaban J connectivity index is 0. The Bertz CT molecular complexity index is 138. The molecule has 0 aliphatic carbocycles. The van der Waals surface area contributed by atoms with Crippen LogP contribution in [0.25, 0.3) is 0 Å². The van der Waals surface area contributed by atoms with Crippen molar-refractivity contribution in [2.24, 2.45) is 0 Å². The maximum atomic E-state index is 10.5. The zero-order valence-electron chi connectivity index (χ0n) is 6.05. The standard InChI is InChI=1S/C5H11O4P.Na.H/c1-3-4-5(6)9-10(7)8-2;;/h10H,3-4H2,1-2H3;;. The average Bonchev–Trinajstić information content (AvgIpc) is 1.88. The SMILES string of the molecule is CCCC(=O)O[PH](=O)OC.[NaH]. The quantitative estimate of drug-likeness (QED) is 0.484. The second-order valence-corrected chi connectivity index (χ2v) is 2.79. The predicted molar refractivity (Wildman–Crippen MR) is 44.2 cm³/mol. The van der Waals surface area contributed by atoms with Crippen LogP contribution >= 0.6 is 8.25 Å². The molecule has 6 heteroatoms. The van der Waals surface area contributed by atoms with Crippen molar-refractivity contribution in [2.45, 2.75) is 19.8 Å². The first-order valence-corrected chi connectivity index (χ1v) is 4.21. The van der Waals surface area contributed by atoms with Gasteiger partial charge in [0, 0.05) is 13.5 Å². The van der Waals surface area contributed by atoms with Gasteiger partial charge in [-0.3, -0.25) is 4.79 Å². The summed E-state index contributed by atoms with van der Waals surface area (Å²) in [7, 11) is -1.31. The van der Waals surface area contributed by atoms with Crippen molar-refractivity contribution < 1.29 is 18.4 Å². The third-order valence-corrected chi connectivity index (χ3v) is 1.55. The summed E-state index contributed by atoms with van der Waals surface area (Å²) in [6.07, 6.45) is 0.984. The van der Waals surface area contributed by atoms with Crippen molar-refractivity contribution in [3.8, 4) is 0 Å². The molecule has 1 unspecified atom stereocenters. The van der Waals surface area contributed by atoms with Gasteiger partial charge in [-0.15, -0.1) is 0 Å². The molecule has 0 saturated carbocycles. The molecule has 62 valence electrons. The van der Waals surface area contributed by atoms with Gasteiger partial charge in [0.1, 0.15) is 0 Å². The molecule has 0 N–H and O–H groups in total. The summed E-state index contributed by atoms with van der Waals surface area (Å²) < 4.78 is 19.0. The molecule has 0 amide bonds. The minimum absolute atomic E-state index is 0. The molecule has 11 heavy (non-hydrogen) atoms. The molecule has 0 aromatic heterocycles. The summed E-state index contributed by atoms with van der Waals surface area (Å²) in [5.41, 5.74) is 0. The van der Waals surface area contributed by atoms with Crippen LogP contribution in [0.15, 0.2) is 0 Å². The molecular weight excluding hydrogens is 178 g/mol. The number of rotatable bonds is 4. The van der Waals surface area contributed by atoms with Gasteiger partial charge in [-0.1, -0.05) is 6.92 Å². The van der Waals surface area contributed by atoms with Crippen LogP contribution in [0.3, 0.4) is 0 Å². The molecule has 0 heterocycles. The maximum absolute atomic E-state index is 10.5. The Morgan fingerprint density at radius 3 is 2.45 bits per heavy atom. The molecule has 0 aliphatic heterocycles. The third kappa shape index (κ3) is 8.57. The summed E-state index contributed by atoms with van der Waals surface area (Å²) in [6, 6.07) is 0. The van der Waals surface area contributed by atoms with Crippen molar-refractivity contribution in [2.75, 3.05) is 7.11 Å². The van der Waals surface area contributed by atoms with Gasteiger partial charge < -0.3 is 9.05 Å². The monoisotopic (exact) mass is 190 g/mol. The van der Waals surface area contributed by atoms with Crippen molar-refractivity contribution in [1.29, 1.82) is 0 Å².